The first-order chi connectivity index (χ1) is 4.77. The Morgan fingerprint density at radius 1 is 1.40 bits per heavy atom. The van der Waals surface area contributed by atoms with E-state index in [-0.39, 0.29) is 0 Å². The van der Waals surface area contributed by atoms with Gasteiger partial charge in [0, 0.05) is 6.21 Å². The molecule has 0 aromatic carbocycles. The van der Waals surface area contributed by atoms with Gasteiger partial charge in [0.25, 0.3) is 0 Å². The Kier molecular flexibility index (Phi) is 5.33. The van der Waals surface area contributed by atoms with Crippen LogP contribution in [0.4, 0.5) is 0 Å². The third-order valence-corrected chi connectivity index (χ3v) is 0.636. The van der Waals surface area contributed by atoms with Crippen LogP contribution < -0.4 is 0 Å². The molecule has 0 aliphatic carbocycles. The average molecular weight is 140 g/mol. The minimum absolute atomic E-state index is 0.417. The molecule has 56 valence electrons. The average Bonchev–Trinajstić information content (AvgIpc) is 1.87. The molecule has 10 heavy (non-hydrogen) atoms. The Labute approximate surface area is 61.1 Å². The monoisotopic (exact) mass is 140 g/mol. The summed E-state index contributed by atoms with van der Waals surface area (Å²) in [4.78, 5) is 0. The summed E-state index contributed by atoms with van der Waals surface area (Å²) in [6.45, 7) is 7.37. The van der Waals surface area contributed by atoms with Crippen LogP contribution in [0.3, 0.4) is 0 Å². The van der Waals surface area contributed by atoms with Crippen LogP contribution in [0.15, 0.2) is 23.0 Å². The van der Waals surface area contributed by atoms with E-state index in [0.717, 1.165) is 0 Å². The largest absolute Gasteiger partial charge is 0.452 e. The maximum atomic E-state index is 4.57. The molecule has 0 radical (unpaired) electrons. The lowest BCUT2D eigenvalue weighted by atomic mass is 10.3. The molecule has 0 aliphatic heterocycles. The molecule has 0 amide bonds. The first-order valence-corrected chi connectivity index (χ1v) is 3.08. The van der Waals surface area contributed by atoms with Gasteiger partial charge in [-0.25, -0.2) is 0 Å². The van der Waals surface area contributed by atoms with Crippen molar-refractivity contribution < 1.29 is 4.74 Å². The van der Waals surface area contributed by atoms with Gasteiger partial charge < -0.3 is 4.74 Å². The van der Waals surface area contributed by atoms with Crippen molar-refractivity contribution in [1.82, 2.24) is 0 Å². The maximum absolute atomic E-state index is 4.57. The molecule has 3 nitrogen and oxygen atoms in total. The molecule has 0 saturated carbocycles. The highest BCUT2D eigenvalue weighted by atomic mass is 16.5. The van der Waals surface area contributed by atoms with E-state index in [1.807, 2.05) is 13.8 Å². The second-order valence-corrected chi connectivity index (χ2v) is 2.03. The summed E-state index contributed by atoms with van der Waals surface area (Å²) in [6, 6.07) is 0. The van der Waals surface area contributed by atoms with Crippen LogP contribution in [-0.4, -0.2) is 12.6 Å². The van der Waals surface area contributed by atoms with Crippen LogP contribution >= 0.6 is 0 Å². The zero-order valence-corrected chi connectivity index (χ0v) is 6.32. The van der Waals surface area contributed by atoms with Crippen molar-refractivity contribution in [3.8, 4) is 0 Å². The molecule has 0 spiro atoms. The highest BCUT2D eigenvalue weighted by Crippen LogP contribution is 1.84. The molecule has 0 unspecified atom stereocenters. The highest BCUT2D eigenvalue weighted by Gasteiger charge is 1.80. The van der Waals surface area contributed by atoms with Crippen molar-refractivity contribution in [2.75, 3.05) is 0 Å². The third-order valence-electron chi connectivity index (χ3n) is 0.636. The fraction of sp³-hybridized carbons (Fsp3) is 0.429. The number of hydrogen-bond donors (Lipinski definition) is 0. The summed E-state index contributed by atoms with van der Waals surface area (Å²) in [6.07, 6.45) is 4.24. The smallest absolute Gasteiger partial charge is 0.200 e. The zero-order chi connectivity index (χ0) is 7.82. The van der Waals surface area contributed by atoms with Gasteiger partial charge in [-0.05, 0) is 5.92 Å². The van der Waals surface area contributed by atoms with Gasteiger partial charge in [0.2, 0.25) is 6.40 Å². The molecular weight excluding hydrogens is 128 g/mol. The van der Waals surface area contributed by atoms with Gasteiger partial charge >= 0.3 is 0 Å². The summed E-state index contributed by atoms with van der Waals surface area (Å²) < 4.78 is 4.57. The summed E-state index contributed by atoms with van der Waals surface area (Å²) >= 11 is 0. The van der Waals surface area contributed by atoms with Crippen LogP contribution in [0.5, 0.6) is 0 Å². The van der Waals surface area contributed by atoms with E-state index in [9.17, 15) is 0 Å². The topological polar surface area (TPSA) is 34.0 Å². The number of nitrogens with zero attached hydrogens (tertiary/aromatic N) is 2. The van der Waals surface area contributed by atoms with Gasteiger partial charge in [-0.1, -0.05) is 20.4 Å². The summed E-state index contributed by atoms with van der Waals surface area (Å²) in [7, 11) is 0. The van der Waals surface area contributed by atoms with Gasteiger partial charge in [-0.2, -0.15) is 5.10 Å². The molecule has 3 heteroatoms. The Morgan fingerprint density at radius 3 is 2.60 bits per heavy atom. The predicted molar refractivity (Wildman–Crippen MR) is 43.1 cm³/mol. The zero-order valence-electron chi connectivity index (χ0n) is 6.32. The fourth-order valence-electron chi connectivity index (χ4n) is 0.269. The number of rotatable bonds is 4. The third kappa shape index (κ3) is 6.88. The second kappa shape index (κ2) is 6.01. The van der Waals surface area contributed by atoms with Crippen molar-refractivity contribution in [2.45, 2.75) is 13.8 Å². The first kappa shape index (κ1) is 8.88. The highest BCUT2D eigenvalue weighted by molar-refractivity contribution is 5.60. The van der Waals surface area contributed by atoms with Gasteiger partial charge in [-0.15, -0.1) is 5.10 Å². The molecular formula is C7H12N2O. The Bertz CT molecular complexity index is 139. The molecule has 0 fully saturated rings. The maximum Gasteiger partial charge on any atom is 0.200 e. The molecule has 0 rings (SSSR count). The Hall–Kier alpha value is -1.12. The lowest BCUT2D eigenvalue weighted by molar-refractivity contribution is 0.494. The predicted octanol–water partition coefficient (Wildman–Crippen LogP) is 1.82. The lowest BCUT2D eigenvalue weighted by Crippen LogP contribution is -1.85. The van der Waals surface area contributed by atoms with Crippen molar-refractivity contribution in [1.29, 1.82) is 0 Å². The summed E-state index contributed by atoms with van der Waals surface area (Å²) in [5.41, 5.74) is 0. The van der Waals surface area contributed by atoms with E-state index in [4.69, 9.17) is 0 Å². The van der Waals surface area contributed by atoms with Crippen LogP contribution in [0.2, 0.25) is 0 Å². The molecule has 0 aromatic rings. The number of ether oxygens (including phenoxy) is 1. The van der Waals surface area contributed by atoms with E-state index in [1.54, 1.807) is 6.21 Å². The van der Waals surface area contributed by atoms with E-state index in [2.05, 4.69) is 21.5 Å². The van der Waals surface area contributed by atoms with Gasteiger partial charge in [0.1, 0.15) is 0 Å². The van der Waals surface area contributed by atoms with Crippen LogP contribution in [0.25, 0.3) is 0 Å². The Morgan fingerprint density at radius 2 is 2.10 bits per heavy atom. The van der Waals surface area contributed by atoms with E-state index < -0.39 is 0 Å². The van der Waals surface area contributed by atoms with Crippen molar-refractivity contribution >= 4 is 12.6 Å². The molecule has 0 aromatic heterocycles. The Balaban J connectivity index is 3.41. The second-order valence-electron chi connectivity index (χ2n) is 2.03. The van der Waals surface area contributed by atoms with E-state index in [0.29, 0.717) is 5.92 Å². The van der Waals surface area contributed by atoms with Crippen molar-refractivity contribution in [3.05, 3.63) is 12.8 Å². The van der Waals surface area contributed by atoms with Crippen LogP contribution in [-0.2, 0) is 4.74 Å². The fourth-order valence-corrected chi connectivity index (χ4v) is 0.269. The van der Waals surface area contributed by atoms with Gasteiger partial charge in [0.05, 0.1) is 6.26 Å². The van der Waals surface area contributed by atoms with Crippen molar-refractivity contribution in [2.24, 2.45) is 16.1 Å². The number of hydrogen-bond acceptors (Lipinski definition) is 3. The molecule has 0 atom stereocenters. The normalized spacial score (nSPS) is 11.5. The molecule has 0 bridgehead atoms. The summed E-state index contributed by atoms with van der Waals surface area (Å²) in [5.74, 6) is 0.417. The van der Waals surface area contributed by atoms with E-state index in [1.165, 1.54) is 12.7 Å². The van der Waals surface area contributed by atoms with Gasteiger partial charge in [0.15, 0.2) is 0 Å². The first-order valence-electron chi connectivity index (χ1n) is 3.08. The van der Waals surface area contributed by atoms with E-state index >= 15 is 0 Å². The lowest BCUT2D eigenvalue weighted by Gasteiger charge is -1.87. The van der Waals surface area contributed by atoms with Crippen LogP contribution in [0.1, 0.15) is 13.8 Å². The summed E-state index contributed by atoms with van der Waals surface area (Å²) in [5, 5.41) is 7.23. The molecule has 0 saturated heterocycles. The molecule has 0 N–H and O–H groups in total. The minimum atomic E-state index is 0.417. The van der Waals surface area contributed by atoms with Gasteiger partial charge in [-0.3, -0.25) is 0 Å². The van der Waals surface area contributed by atoms with Crippen molar-refractivity contribution in [3.63, 3.8) is 0 Å². The standard InChI is InChI=1S/C7H12N2O/c1-4-10-6-9-8-5-7(2)3/h4-7H,1H2,2-3H3/b8-5+,9-6-. The SMILES string of the molecule is C=CO/C=N\N=C\C(C)C. The molecule has 0 heterocycles. The minimum Gasteiger partial charge on any atom is -0.452 e. The quantitative estimate of drug-likeness (QED) is 0.254. The molecule has 0 aliphatic rings. The van der Waals surface area contributed by atoms with Crippen LogP contribution in [0, 0.1) is 5.92 Å².